The van der Waals surface area contributed by atoms with Crippen LogP contribution in [0.4, 0.5) is 0 Å². The van der Waals surface area contributed by atoms with E-state index in [1.165, 1.54) is 11.3 Å². The second-order valence-corrected chi connectivity index (χ2v) is 4.44. The van der Waals surface area contributed by atoms with E-state index in [0.717, 1.165) is 9.91 Å². The van der Waals surface area contributed by atoms with Gasteiger partial charge in [0, 0.05) is 5.38 Å². The van der Waals surface area contributed by atoms with Crippen molar-refractivity contribution in [3.8, 4) is 12.3 Å². The number of carboxylic acid groups (broad SMARTS) is 1. The lowest BCUT2D eigenvalue weighted by Gasteiger charge is -2.17. The molecule has 0 bridgehead atoms. The third-order valence-corrected chi connectivity index (χ3v) is 2.78. The lowest BCUT2D eigenvalue weighted by molar-refractivity contribution is -0.143. The molecule has 5 nitrogen and oxygen atoms in total. The van der Waals surface area contributed by atoms with Crippen LogP contribution in [-0.4, -0.2) is 40.0 Å². The van der Waals surface area contributed by atoms with Crippen LogP contribution in [0.1, 0.15) is 10.7 Å². The number of carbonyl (C=O) groups excluding carboxylic acids is 1. The van der Waals surface area contributed by atoms with E-state index in [9.17, 15) is 9.59 Å². The number of terminal acetylenes is 1. The van der Waals surface area contributed by atoms with Gasteiger partial charge in [-0.05, 0) is 6.92 Å². The van der Waals surface area contributed by atoms with E-state index in [2.05, 4.69) is 10.9 Å². The topological polar surface area (TPSA) is 70.5 Å². The Balaban J connectivity index is 2.65. The zero-order valence-electron chi connectivity index (χ0n) is 9.34. The number of rotatable bonds is 5. The Morgan fingerprint density at radius 3 is 2.82 bits per heavy atom. The lowest BCUT2D eigenvalue weighted by Crippen LogP contribution is -2.37. The maximum Gasteiger partial charge on any atom is 0.323 e. The Morgan fingerprint density at radius 1 is 1.65 bits per heavy atom. The highest BCUT2D eigenvalue weighted by atomic mass is 32.1. The number of aliphatic carboxylic acids is 1. The molecule has 0 aliphatic heterocycles. The molecular weight excluding hydrogens is 240 g/mol. The molecule has 1 heterocycles. The molecule has 0 saturated carbocycles. The molecule has 1 aromatic rings. The summed E-state index contributed by atoms with van der Waals surface area (Å²) in [6.45, 7) is 1.45. The molecule has 0 aliphatic rings. The third-order valence-electron chi connectivity index (χ3n) is 1.96. The molecule has 6 heteroatoms. The molecule has 0 atom stereocenters. The van der Waals surface area contributed by atoms with Crippen molar-refractivity contribution in [2.45, 2.75) is 13.3 Å². The summed E-state index contributed by atoms with van der Waals surface area (Å²) in [7, 11) is 0. The molecule has 0 radical (unpaired) electrons. The molecule has 0 aromatic carbocycles. The van der Waals surface area contributed by atoms with Gasteiger partial charge in [-0.2, -0.15) is 0 Å². The van der Waals surface area contributed by atoms with E-state index in [4.69, 9.17) is 11.5 Å². The zero-order chi connectivity index (χ0) is 12.8. The monoisotopic (exact) mass is 252 g/mol. The van der Waals surface area contributed by atoms with Gasteiger partial charge in [-0.15, -0.1) is 17.8 Å². The van der Waals surface area contributed by atoms with Crippen molar-refractivity contribution in [1.29, 1.82) is 0 Å². The molecule has 1 N–H and O–H groups in total. The number of amides is 1. The highest BCUT2D eigenvalue weighted by Gasteiger charge is 2.17. The van der Waals surface area contributed by atoms with Gasteiger partial charge in [-0.1, -0.05) is 5.92 Å². The lowest BCUT2D eigenvalue weighted by atomic mass is 10.3. The van der Waals surface area contributed by atoms with Crippen LogP contribution in [0.15, 0.2) is 5.38 Å². The van der Waals surface area contributed by atoms with Crippen molar-refractivity contribution < 1.29 is 14.7 Å². The van der Waals surface area contributed by atoms with E-state index < -0.39 is 5.97 Å². The molecule has 17 heavy (non-hydrogen) atoms. The number of hydrogen-bond acceptors (Lipinski definition) is 4. The summed E-state index contributed by atoms with van der Waals surface area (Å²) in [5, 5.41) is 11.3. The van der Waals surface area contributed by atoms with Crippen molar-refractivity contribution in [1.82, 2.24) is 9.88 Å². The van der Waals surface area contributed by atoms with Crippen LogP contribution in [0.25, 0.3) is 0 Å². The maximum atomic E-state index is 11.8. The van der Waals surface area contributed by atoms with Crippen LogP contribution >= 0.6 is 11.3 Å². The first-order valence-electron chi connectivity index (χ1n) is 4.87. The first kappa shape index (κ1) is 13.2. The van der Waals surface area contributed by atoms with Crippen LogP contribution in [0.3, 0.4) is 0 Å². The van der Waals surface area contributed by atoms with Crippen LogP contribution in [0.5, 0.6) is 0 Å². The first-order valence-corrected chi connectivity index (χ1v) is 5.75. The molecule has 1 rings (SSSR count). The highest BCUT2D eigenvalue weighted by molar-refractivity contribution is 7.09. The molecule has 0 unspecified atom stereocenters. The van der Waals surface area contributed by atoms with Gasteiger partial charge in [0.15, 0.2) is 0 Å². The van der Waals surface area contributed by atoms with Crippen molar-refractivity contribution >= 4 is 23.2 Å². The number of hydrogen-bond donors (Lipinski definition) is 1. The minimum Gasteiger partial charge on any atom is -0.480 e. The molecule has 1 aromatic heterocycles. The summed E-state index contributed by atoms with van der Waals surface area (Å²) in [6, 6.07) is 0. The Bertz CT molecular complexity index is 462. The second kappa shape index (κ2) is 6.01. The number of nitrogens with zero attached hydrogens (tertiary/aromatic N) is 2. The summed E-state index contributed by atoms with van der Waals surface area (Å²) < 4.78 is 0. The highest BCUT2D eigenvalue weighted by Crippen LogP contribution is 2.09. The van der Waals surface area contributed by atoms with E-state index in [-0.39, 0.29) is 25.4 Å². The van der Waals surface area contributed by atoms with Crippen LogP contribution in [0, 0.1) is 19.3 Å². The van der Waals surface area contributed by atoms with Gasteiger partial charge in [0.2, 0.25) is 5.91 Å². The molecule has 90 valence electrons. The zero-order valence-corrected chi connectivity index (χ0v) is 10.2. The fourth-order valence-electron chi connectivity index (χ4n) is 1.26. The average Bonchev–Trinajstić information content (AvgIpc) is 2.62. The normalized spacial score (nSPS) is 9.65. The summed E-state index contributed by atoms with van der Waals surface area (Å²) in [5.74, 6) is 0.865. The van der Waals surface area contributed by atoms with Crippen LogP contribution in [0.2, 0.25) is 0 Å². The van der Waals surface area contributed by atoms with E-state index in [1.807, 2.05) is 6.92 Å². The van der Waals surface area contributed by atoms with E-state index in [1.54, 1.807) is 5.38 Å². The van der Waals surface area contributed by atoms with Gasteiger partial charge in [0.1, 0.15) is 6.54 Å². The third kappa shape index (κ3) is 4.25. The van der Waals surface area contributed by atoms with Gasteiger partial charge >= 0.3 is 5.97 Å². The molecule has 0 fully saturated rings. The van der Waals surface area contributed by atoms with Crippen molar-refractivity contribution in [2.24, 2.45) is 0 Å². The Kier molecular flexibility index (Phi) is 4.67. The molecular formula is C11H12N2O3S. The Morgan fingerprint density at radius 2 is 2.35 bits per heavy atom. The SMILES string of the molecule is C#CCN(CC(=O)O)C(=O)Cc1csc(C)n1. The summed E-state index contributed by atoms with van der Waals surface area (Å²) in [4.78, 5) is 27.6. The number of aromatic nitrogens is 1. The second-order valence-electron chi connectivity index (χ2n) is 3.38. The minimum absolute atomic E-state index is 0.00570. The molecule has 0 aliphatic carbocycles. The largest absolute Gasteiger partial charge is 0.480 e. The van der Waals surface area contributed by atoms with Crippen LogP contribution < -0.4 is 0 Å². The average molecular weight is 252 g/mol. The smallest absolute Gasteiger partial charge is 0.323 e. The van der Waals surface area contributed by atoms with Gasteiger partial charge in [-0.3, -0.25) is 9.59 Å². The van der Waals surface area contributed by atoms with Gasteiger partial charge in [0.25, 0.3) is 0 Å². The van der Waals surface area contributed by atoms with Gasteiger partial charge in [0.05, 0.1) is 23.7 Å². The summed E-state index contributed by atoms with van der Waals surface area (Å²) in [5.41, 5.74) is 0.643. The minimum atomic E-state index is -1.08. The van der Waals surface area contributed by atoms with Gasteiger partial charge in [-0.25, -0.2) is 4.98 Å². The van der Waals surface area contributed by atoms with E-state index in [0.29, 0.717) is 5.69 Å². The standard InChI is InChI=1S/C11H12N2O3S/c1-3-4-13(6-11(15)16)10(14)5-9-7-17-8(2)12-9/h1,7H,4-6H2,2H3,(H,15,16). The number of carboxylic acids is 1. The van der Waals surface area contributed by atoms with Crippen LogP contribution in [-0.2, 0) is 16.0 Å². The molecule has 0 saturated heterocycles. The Labute approximate surface area is 103 Å². The van der Waals surface area contributed by atoms with Crippen molar-refractivity contribution in [3.05, 3.63) is 16.1 Å². The molecule has 0 spiro atoms. The predicted molar refractivity (Wildman–Crippen MR) is 63.6 cm³/mol. The quantitative estimate of drug-likeness (QED) is 0.776. The Hall–Kier alpha value is -1.87. The first-order chi connectivity index (χ1) is 8.02. The number of thiazole rings is 1. The molecule has 1 amide bonds. The summed E-state index contributed by atoms with van der Waals surface area (Å²) >= 11 is 1.45. The maximum absolute atomic E-state index is 11.8. The number of carbonyl (C=O) groups is 2. The number of aryl methyl sites for hydroxylation is 1. The van der Waals surface area contributed by atoms with Crippen molar-refractivity contribution in [3.63, 3.8) is 0 Å². The summed E-state index contributed by atoms with van der Waals surface area (Å²) in [6.07, 6.45) is 5.17. The van der Waals surface area contributed by atoms with Gasteiger partial charge < -0.3 is 10.0 Å². The predicted octanol–water partition coefficient (Wildman–Crippen LogP) is 0.540. The fourth-order valence-corrected chi connectivity index (χ4v) is 1.87. The van der Waals surface area contributed by atoms with E-state index >= 15 is 0 Å². The fraction of sp³-hybridized carbons (Fsp3) is 0.364. The van der Waals surface area contributed by atoms with Crippen molar-refractivity contribution in [2.75, 3.05) is 13.1 Å².